The molecule has 3 heteroatoms. The van der Waals surface area contributed by atoms with E-state index in [0.717, 1.165) is 39.0 Å². The van der Waals surface area contributed by atoms with E-state index in [1.165, 1.54) is 0 Å². The summed E-state index contributed by atoms with van der Waals surface area (Å²) in [6, 6.07) is 0.552. The molecule has 0 radical (unpaired) electrons. The van der Waals surface area contributed by atoms with Crippen LogP contribution in [-0.2, 0) is 0 Å². The van der Waals surface area contributed by atoms with Gasteiger partial charge in [-0.2, -0.15) is 0 Å². The van der Waals surface area contributed by atoms with Crippen LogP contribution in [0.5, 0.6) is 0 Å². The van der Waals surface area contributed by atoms with Gasteiger partial charge in [-0.1, -0.05) is 27.7 Å². The first kappa shape index (κ1) is 14.9. The Labute approximate surface area is 107 Å². The van der Waals surface area contributed by atoms with E-state index in [4.69, 9.17) is 0 Å². The van der Waals surface area contributed by atoms with Crippen LogP contribution in [0.1, 0.15) is 47.5 Å². The van der Waals surface area contributed by atoms with Crippen molar-refractivity contribution >= 4 is 0 Å². The Morgan fingerprint density at radius 1 is 1.29 bits per heavy atom. The van der Waals surface area contributed by atoms with E-state index < -0.39 is 5.60 Å². The van der Waals surface area contributed by atoms with Crippen molar-refractivity contribution in [3.8, 4) is 0 Å². The van der Waals surface area contributed by atoms with Crippen LogP contribution in [0.15, 0.2) is 0 Å². The summed E-state index contributed by atoms with van der Waals surface area (Å²) in [6.07, 6.45) is 1.81. The molecule has 0 aromatic carbocycles. The second-order valence-corrected chi connectivity index (χ2v) is 6.97. The molecule has 1 fully saturated rings. The molecule has 17 heavy (non-hydrogen) atoms. The van der Waals surface area contributed by atoms with Crippen LogP contribution in [0.3, 0.4) is 0 Å². The summed E-state index contributed by atoms with van der Waals surface area (Å²) in [4.78, 5) is 2.49. The van der Waals surface area contributed by atoms with Gasteiger partial charge in [0.15, 0.2) is 0 Å². The minimum Gasteiger partial charge on any atom is -0.390 e. The molecule has 1 saturated heterocycles. The minimum atomic E-state index is -0.434. The van der Waals surface area contributed by atoms with E-state index in [0.29, 0.717) is 11.5 Å². The molecule has 0 aliphatic carbocycles. The third-order valence-corrected chi connectivity index (χ3v) is 3.57. The van der Waals surface area contributed by atoms with Crippen LogP contribution >= 0.6 is 0 Å². The fourth-order valence-corrected chi connectivity index (χ4v) is 2.33. The highest BCUT2D eigenvalue weighted by Gasteiger charge is 2.30. The van der Waals surface area contributed by atoms with E-state index in [-0.39, 0.29) is 0 Å². The fourth-order valence-electron chi connectivity index (χ4n) is 2.33. The summed E-state index contributed by atoms with van der Waals surface area (Å²) >= 11 is 0. The molecule has 3 nitrogen and oxygen atoms in total. The molecular formula is C14H30N2O. The summed E-state index contributed by atoms with van der Waals surface area (Å²) in [5.41, 5.74) is -0.135. The van der Waals surface area contributed by atoms with E-state index in [1.54, 1.807) is 0 Å². The molecule has 0 aromatic heterocycles. The number of hydrogen-bond donors (Lipinski definition) is 2. The maximum absolute atomic E-state index is 9.93. The van der Waals surface area contributed by atoms with Crippen molar-refractivity contribution in [2.45, 2.75) is 59.1 Å². The lowest BCUT2D eigenvalue weighted by Gasteiger charge is -2.40. The van der Waals surface area contributed by atoms with E-state index in [2.05, 4.69) is 37.9 Å². The Bertz CT molecular complexity index is 226. The Hall–Kier alpha value is -0.120. The second-order valence-electron chi connectivity index (χ2n) is 6.97. The van der Waals surface area contributed by atoms with E-state index in [9.17, 15) is 5.11 Å². The Morgan fingerprint density at radius 2 is 1.82 bits per heavy atom. The van der Waals surface area contributed by atoms with Gasteiger partial charge in [0.25, 0.3) is 0 Å². The van der Waals surface area contributed by atoms with Crippen LogP contribution in [-0.4, -0.2) is 47.8 Å². The average molecular weight is 242 g/mol. The van der Waals surface area contributed by atoms with Crippen molar-refractivity contribution in [3.63, 3.8) is 0 Å². The zero-order valence-corrected chi connectivity index (χ0v) is 12.2. The molecule has 0 atom stereocenters. The predicted molar refractivity (Wildman–Crippen MR) is 73.2 cm³/mol. The van der Waals surface area contributed by atoms with Gasteiger partial charge in [-0.15, -0.1) is 0 Å². The SMILES string of the molecule is CC(C)NCC(C)(C)CN1CCC(C)(O)CC1. The molecule has 0 bridgehead atoms. The standard InChI is InChI=1S/C14H30N2O/c1-12(2)15-10-13(3,4)11-16-8-6-14(5,17)7-9-16/h12,15,17H,6-11H2,1-5H3. The first-order chi connectivity index (χ1) is 7.70. The molecule has 1 aliphatic rings. The van der Waals surface area contributed by atoms with Crippen molar-refractivity contribution in [1.29, 1.82) is 0 Å². The zero-order chi connectivity index (χ0) is 13.1. The van der Waals surface area contributed by atoms with Gasteiger partial charge in [0, 0.05) is 32.2 Å². The lowest BCUT2D eigenvalue weighted by Crippen LogP contribution is -2.48. The summed E-state index contributed by atoms with van der Waals surface area (Å²) in [7, 11) is 0. The number of rotatable bonds is 5. The third kappa shape index (κ3) is 5.84. The highest BCUT2D eigenvalue weighted by Crippen LogP contribution is 2.24. The van der Waals surface area contributed by atoms with Gasteiger partial charge in [0.05, 0.1) is 5.60 Å². The van der Waals surface area contributed by atoms with Gasteiger partial charge in [0.2, 0.25) is 0 Å². The maximum Gasteiger partial charge on any atom is 0.0644 e. The first-order valence-corrected chi connectivity index (χ1v) is 6.88. The molecule has 2 N–H and O–H groups in total. The number of nitrogens with zero attached hydrogens (tertiary/aromatic N) is 1. The lowest BCUT2D eigenvalue weighted by molar-refractivity contribution is -0.0134. The van der Waals surface area contributed by atoms with Gasteiger partial charge < -0.3 is 15.3 Å². The number of aliphatic hydroxyl groups is 1. The highest BCUT2D eigenvalue weighted by molar-refractivity contribution is 4.85. The number of piperidine rings is 1. The molecule has 1 rings (SSSR count). The Balaban J connectivity index is 2.33. The monoisotopic (exact) mass is 242 g/mol. The Kier molecular flexibility index (Phi) is 4.99. The fraction of sp³-hybridized carbons (Fsp3) is 1.00. The smallest absolute Gasteiger partial charge is 0.0644 e. The summed E-state index contributed by atoms with van der Waals surface area (Å²) in [5, 5.41) is 13.4. The molecule has 102 valence electrons. The molecule has 0 unspecified atom stereocenters. The predicted octanol–water partition coefficient (Wildman–Crippen LogP) is 1.86. The molecular weight excluding hydrogens is 212 g/mol. The van der Waals surface area contributed by atoms with Gasteiger partial charge in [-0.25, -0.2) is 0 Å². The summed E-state index contributed by atoms with van der Waals surface area (Å²) in [6.45, 7) is 15.2. The topological polar surface area (TPSA) is 35.5 Å². The number of likely N-dealkylation sites (tertiary alicyclic amines) is 1. The van der Waals surface area contributed by atoms with Gasteiger partial charge >= 0.3 is 0 Å². The highest BCUT2D eigenvalue weighted by atomic mass is 16.3. The van der Waals surface area contributed by atoms with Crippen molar-refractivity contribution in [2.24, 2.45) is 5.41 Å². The van der Waals surface area contributed by atoms with Crippen LogP contribution < -0.4 is 5.32 Å². The number of nitrogens with one attached hydrogen (secondary N) is 1. The van der Waals surface area contributed by atoms with Crippen LogP contribution in [0.25, 0.3) is 0 Å². The molecule has 0 amide bonds. The second kappa shape index (κ2) is 5.68. The van der Waals surface area contributed by atoms with Gasteiger partial charge in [-0.05, 0) is 25.2 Å². The van der Waals surface area contributed by atoms with Crippen molar-refractivity contribution in [1.82, 2.24) is 10.2 Å². The normalized spacial score (nSPS) is 22.1. The van der Waals surface area contributed by atoms with E-state index >= 15 is 0 Å². The first-order valence-electron chi connectivity index (χ1n) is 6.88. The molecule has 0 spiro atoms. The van der Waals surface area contributed by atoms with Crippen LogP contribution in [0.2, 0.25) is 0 Å². The summed E-state index contributed by atoms with van der Waals surface area (Å²) < 4.78 is 0. The van der Waals surface area contributed by atoms with Crippen LogP contribution in [0.4, 0.5) is 0 Å². The molecule has 1 aliphatic heterocycles. The number of hydrogen-bond acceptors (Lipinski definition) is 3. The lowest BCUT2D eigenvalue weighted by atomic mass is 9.89. The molecule has 1 heterocycles. The zero-order valence-electron chi connectivity index (χ0n) is 12.2. The van der Waals surface area contributed by atoms with Gasteiger partial charge in [0.1, 0.15) is 0 Å². The largest absolute Gasteiger partial charge is 0.390 e. The van der Waals surface area contributed by atoms with Crippen molar-refractivity contribution < 1.29 is 5.11 Å². The molecule has 0 aromatic rings. The van der Waals surface area contributed by atoms with Crippen LogP contribution in [0, 0.1) is 5.41 Å². The maximum atomic E-state index is 9.93. The third-order valence-electron chi connectivity index (χ3n) is 3.57. The summed E-state index contributed by atoms with van der Waals surface area (Å²) in [5.74, 6) is 0. The average Bonchev–Trinajstić information content (AvgIpc) is 2.19. The minimum absolute atomic E-state index is 0.299. The molecule has 0 saturated carbocycles. The quantitative estimate of drug-likeness (QED) is 0.772. The van der Waals surface area contributed by atoms with Crippen molar-refractivity contribution in [2.75, 3.05) is 26.2 Å². The Morgan fingerprint density at radius 3 is 2.29 bits per heavy atom. The van der Waals surface area contributed by atoms with Gasteiger partial charge in [-0.3, -0.25) is 0 Å². The van der Waals surface area contributed by atoms with Crippen molar-refractivity contribution in [3.05, 3.63) is 0 Å². The van der Waals surface area contributed by atoms with E-state index in [1.807, 2.05) is 6.92 Å².